The van der Waals surface area contributed by atoms with Crippen molar-refractivity contribution in [3.8, 4) is 11.3 Å². The summed E-state index contributed by atoms with van der Waals surface area (Å²) in [7, 11) is 2.07. The number of H-pyrrole nitrogens is 1. The normalized spacial score (nSPS) is 15.6. The summed E-state index contributed by atoms with van der Waals surface area (Å²) < 4.78 is 1.63. The molecule has 4 aromatic rings. The number of imidazole rings is 1. The van der Waals surface area contributed by atoms with Gasteiger partial charge in [0.25, 0.3) is 5.91 Å². The van der Waals surface area contributed by atoms with E-state index in [-0.39, 0.29) is 17.6 Å². The second kappa shape index (κ2) is 8.63. The van der Waals surface area contributed by atoms with Crippen molar-refractivity contribution in [1.29, 1.82) is 0 Å². The minimum Gasteiger partial charge on any atom is -0.336 e. The molecule has 0 spiro atoms. The number of rotatable bonds is 4. The zero-order chi connectivity index (χ0) is 22.9. The molecule has 33 heavy (non-hydrogen) atoms. The molecule has 0 aliphatic carbocycles. The van der Waals surface area contributed by atoms with Crippen LogP contribution in [0.3, 0.4) is 0 Å². The Labute approximate surface area is 191 Å². The third kappa shape index (κ3) is 4.05. The third-order valence-corrected chi connectivity index (χ3v) is 6.31. The first-order valence-corrected chi connectivity index (χ1v) is 11.1. The van der Waals surface area contributed by atoms with Crippen molar-refractivity contribution in [1.82, 2.24) is 29.3 Å². The van der Waals surface area contributed by atoms with Gasteiger partial charge in [0, 0.05) is 37.3 Å². The van der Waals surface area contributed by atoms with Gasteiger partial charge in [0.05, 0.1) is 17.9 Å². The summed E-state index contributed by atoms with van der Waals surface area (Å²) in [6.45, 7) is 5.23. The summed E-state index contributed by atoms with van der Waals surface area (Å²) >= 11 is 0. The van der Waals surface area contributed by atoms with Crippen LogP contribution in [0.5, 0.6) is 0 Å². The lowest BCUT2D eigenvalue weighted by molar-refractivity contribution is 0.0664. The summed E-state index contributed by atoms with van der Waals surface area (Å²) in [5, 5.41) is 0. The van der Waals surface area contributed by atoms with E-state index in [9.17, 15) is 9.59 Å². The largest absolute Gasteiger partial charge is 0.336 e. The van der Waals surface area contributed by atoms with Crippen molar-refractivity contribution in [2.75, 3.05) is 33.2 Å². The van der Waals surface area contributed by atoms with Gasteiger partial charge >= 0.3 is 5.69 Å². The second-order valence-corrected chi connectivity index (χ2v) is 8.49. The summed E-state index contributed by atoms with van der Waals surface area (Å²) in [4.78, 5) is 41.6. The molecule has 1 N–H and O–H groups in total. The number of fused-ring (bicyclic) bond motifs is 1. The highest BCUT2D eigenvalue weighted by molar-refractivity contribution is 5.94. The van der Waals surface area contributed by atoms with Crippen molar-refractivity contribution in [2.45, 2.75) is 13.0 Å². The molecule has 1 aliphatic heterocycles. The lowest BCUT2D eigenvalue weighted by atomic mass is 10.1. The Morgan fingerprint density at radius 1 is 1.00 bits per heavy atom. The van der Waals surface area contributed by atoms with Gasteiger partial charge in [0.1, 0.15) is 0 Å². The van der Waals surface area contributed by atoms with Crippen LogP contribution in [0.4, 0.5) is 0 Å². The Morgan fingerprint density at radius 3 is 2.39 bits per heavy atom. The number of nitrogens with zero attached hydrogens (tertiary/aromatic N) is 5. The van der Waals surface area contributed by atoms with E-state index >= 15 is 0 Å². The molecule has 0 bridgehead atoms. The molecule has 2 aromatic heterocycles. The average molecular weight is 443 g/mol. The van der Waals surface area contributed by atoms with E-state index in [1.165, 1.54) is 0 Å². The molecule has 1 aliphatic rings. The van der Waals surface area contributed by atoms with Crippen LogP contribution in [0.2, 0.25) is 0 Å². The molecule has 1 atom stereocenters. The number of piperazine rings is 1. The predicted octanol–water partition coefficient (Wildman–Crippen LogP) is 2.78. The van der Waals surface area contributed by atoms with Crippen molar-refractivity contribution in [2.24, 2.45) is 0 Å². The van der Waals surface area contributed by atoms with Crippen LogP contribution < -0.4 is 5.69 Å². The molecular formula is C25H26N6O2. The number of amides is 1. The van der Waals surface area contributed by atoms with E-state index in [0.717, 1.165) is 37.3 Å². The van der Waals surface area contributed by atoms with E-state index in [0.29, 0.717) is 22.6 Å². The van der Waals surface area contributed by atoms with Crippen LogP contribution in [0, 0.1) is 0 Å². The van der Waals surface area contributed by atoms with Gasteiger partial charge < -0.3 is 9.80 Å². The summed E-state index contributed by atoms with van der Waals surface area (Å²) in [6.07, 6.45) is 1.65. The average Bonchev–Trinajstić information content (AvgIpc) is 3.19. The number of carbonyl (C=O) groups is 1. The first-order chi connectivity index (χ1) is 16.0. The lowest BCUT2D eigenvalue weighted by Crippen LogP contribution is -2.47. The molecule has 3 heterocycles. The fourth-order valence-corrected chi connectivity index (χ4v) is 4.25. The number of hydrogen-bond donors (Lipinski definition) is 1. The van der Waals surface area contributed by atoms with Gasteiger partial charge in [-0.1, -0.05) is 42.5 Å². The Balaban J connectivity index is 1.44. The number of carbonyl (C=O) groups excluding carboxylic acids is 1. The zero-order valence-electron chi connectivity index (χ0n) is 18.7. The summed E-state index contributed by atoms with van der Waals surface area (Å²) in [5.74, 6) is 0.0485. The maximum absolute atomic E-state index is 12.8. The molecule has 8 heteroatoms. The van der Waals surface area contributed by atoms with Crippen LogP contribution in [-0.4, -0.2) is 68.5 Å². The fourth-order valence-electron chi connectivity index (χ4n) is 4.25. The molecule has 0 unspecified atom stereocenters. The Morgan fingerprint density at radius 2 is 1.70 bits per heavy atom. The number of aromatic nitrogens is 4. The molecule has 5 rings (SSSR count). The number of aromatic amines is 1. The van der Waals surface area contributed by atoms with Gasteiger partial charge in [-0.2, -0.15) is 0 Å². The summed E-state index contributed by atoms with van der Waals surface area (Å²) in [5.41, 5.74) is 3.88. The minimum absolute atomic E-state index is 0.0485. The van der Waals surface area contributed by atoms with Crippen LogP contribution in [0.1, 0.15) is 28.9 Å². The van der Waals surface area contributed by atoms with Crippen molar-refractivity contribution in [3.05, 3.63) is 82.4 Å². The lowest BCUT2D eigenvalue weighted by Gasteiger charge is -2.32. The van der Waals surface area contributed by atoms with Gasteiger partial charge in [-0.15, -0.1) is 0 Å². The molecule has 1 fully saturated rings. The number of likely N-dealkylation sites (N-methyl/N-ethyl adjacent to an activating group) is 1. The van der Waals surface area contributed by atoms with Crippen LogP contribution in [0.15, 0.2) is 65.6 Å². The molecule has 0 radical (unpaired) electrons. The Bertz CT molecular complexity index is 1340. The van der Waals surface area contributed by atoms with Gasteiger partial charge in [-0.25, -0.2) is 14.8 Å². The fraction of sp³-hybridized carbons (Fsp3) is 0.280. The minimum atomic E-state index is -0.244. The molecule has 8 nitrogen and oxygen atoms in total. The first kappa shape index (κ1) is 21.1. The number of nitrogens with one attached hydrogen (secondary N) is 1. The maximum atomic E-state index is 12.8. The maximum Gasteiger partial charge on any atom is 0.329 e. The van der Waals surface area contributed by atoms with Crippen LogP contribution in [0.25, 0.3) is 22.6 Å². The molecule has 0 saturated carbocycles. The van der Waals surface area contributed by atoms with E-state index in [1.54, 1.807) is 10.8 Å². The quantitative estimate of drug-likeness (QED) is 0.525. The second-order valence-electron chi connectivity index (χ2n) is 8.49. The third-order valence-electron chi connectivity index (χ3n) is 6.31. The Hall–Kier alpha value is -3.78. The highest BCUT2D eigenvalue weighted by atomic mass is 16.2. The van der Waals surface area contributed by atoms with Gasteiger partial charge in [-0.3, -0.25) is 14.3 Å². The van der Waals surface area contributed by atoms with Crippen LogP contribution >= 0.6 is 0 Å². The SMILES string of the molecule is C[C@H](c1ccccc1)n1c(=O)[nH]c2ncc(-c3ccc(C(=O)N4CCN(C)CC4)cc3)nc21. The standard InChI is InChI=1S/C25H26N6O2/c1-17(18-6-4-3-5-7-18)31-23-22(28-25(31)33)26-16-21(27-23)19-8-10-20(11-9-19)24(32)30-14-12-29(2)13-15-30/h3-11,16-17H,12-15H2,1-2H3,(H,26,28,33)/t17-/m1/s1. The van der Waals surface area contributed by atoms with Gasteiger partial charge in [0.2, 0.25) is 0 Å². The highest BCUT2D eigenvalue weighted by Gasteiger charge is 2.21. The smallest absolute Gasteiger partial charge is 0.329 e. The Kier molecular flexibility index (Phi) is 5.51. The monoisotopic (exact) mass is 442 g/mol. The summed E-state index contributed by atoms with van der Waals surface area (Å²) in [6, 6.07) is 17.1. The molecule has 2 aromatic carbocycles. The van der Waals surface area contributed by atoms with Gasteiger partial charge in [-0.05, 0) is 31.7 Å². The van der Waals surface area contributed by atoms with Crippen molar-refractivity contribution in [3.63, 3.8) is 0 Å². The highest BCUT2D eigenvalue weighted by Crippen LogP contribution is 2.23. The topological polar surface area (TPSA) is 87.1 Å². The molecular weight excluding hydrogens is 416 g/mol. The zero-order valence-corrected chi connectivity index (χ0v) is 18.7. The van der Waals surface area contributed by atoms with E-state index in [2.05, 4.69) is 21.9 Å². The number of benzene rings is 2. The van der Waals surface area contributed by atoms with Crippen molar-refractivity contribution >= 4 is 17.2 Å². The molecule has 1 saturated heterocycles. The van der Waals surface area contributed by atoms with Crippen molar-refractivity contribution < 1.29 is 4.79 Å². The predicted molar refractivity (Wildman–Crippen MR) is 127 cm³/mol. The van der Waals surface area contributed by atoms with Crippen LogP contribution in [-0.2, 0) is 0 Å². The van der Waals surface area contributed by atoms with E-state index in [4.69, 9.17) is 4.98 Å². The number of hydrogen-bond acceptors (Lipinski definition) is 5. The first-order valence-electron chi connectivity index (χ1n) is 11.1. The molecule has 168 valence electrons. The van der Waals surface area contributed by atoms with Gasteiger partial charge in [0.15, 0.2) is 11.3 Å². The molecule has 1 amide bonds. The van der Waals surface area contributed by atoms with E-state index < -0.39 is 0 Å². The van der Waals surface area contributed by atoms with E-state index in [1.807, 2.05) is 66.4 Å².